The summed E-state index contributed by atoms with van der Waals surface area (Å²) in [5, 5.41) is 2.89. The minimum absolute atomic E-state index is 0.122. The van der Waals surface area contributed by atoms with Gasteiger partial charge >= 0.3 is 0 Å². The lowest BCUT2D eigenvalue weighted by Crippen LogP contribution is -2.28. The molecule has 0 aromatic heterocycles. The Morgan fingerprint density at radius 2 is 1.56 bits per heavy atom. The normalized spacial score (nSPS) is 17.5. The first-order valence-electron chi connectivity index (χ1n) is 11.2. The first kappa shape index (κ1) is 22.8. The first-order chi connectivity index (χ1) is 15.5. The maximum atomic E-state index is 12.9. The van der Waals surface area contributed by atoms with Gasteiger partial charge in [0.05, 0.1) is 17.6 Å². The lowest BCUT2D eigenvalue weighted by atomic mass is 10.1. The summed E-state index contributed by atoms with van der Waals surface area (Å²) >= 11 is 0. The van der Waals surface area contributed by atoms with Gasteiger partial charge in [0, 0.05) is 26.2 Å². The zero-order valence-corrected chi connectivity index (χ0v) is 19.4. The summed E-state index contributed by atoms with van der Waals surface area (Å²) in [4.78, 5) is 15.5. The Morgan fingerprint density at radius 1 is 0.938 bits per heavy atom. The second-order valence-electron chi connectivity index (χ2n) is 8.46. The third-order valence-corrected chi connectivity index (χ3v) is 8.09. The van der Waals surface area contributed by atoms with Crippen LogP contribution in [0.25, 0.3) is 0 Å². The molecule has 7 nitrogen and oxygen atoms in total. The van der Waals surface area contributed by atoms with Crippen molar-refractivity contribution in [1.29, 1.82) is 0 Å². The van der Waals surface area contributed by atoms with Gasteiger partial charge in [-0.2, -0.15) is 4.31 Å². The van der Waals surface area contributed by atoms with Gasteiger partial charge < -0.3 is 10.1 Å². The van der Waals surface area contributed by atoms with Gasteiger partial charge in [-0.25, -0.2) is 8.42 Å². The zero-order valence-electron chi connectivity index (χ0n) is 18.5. The average molecular weight is 458 g/mol. The highest BCUT2D eigenvalue weighted by molar-refractivity contribution is 7.89. The van der Waals surface area contributed by atoms with Gasteiger partial charge in [-0.3, -0.25) is 9.69 Å². The number of nitrogens with one attached hydrogen (secondary N) is 1. The van der Waals surface area contributed by atoms with Gasteiger partial charge in [-0.15, -0.1) is 0 Å². The predicted molar refractivity (Wildman–Crippen MR) is 123 cm³/mol. The number of amides is 1. The molecule has 4 rings (SSSR count). The molecule has 8 heteroatoms. The van der Waals surface area contributed by atoms with Crippen molar-refractivity contribution in [3.8, 4) is 5.75 Å². The number of carbonyl (C=O) groups excluding carboxylic acids is 1. The van der Waals surface area contributed by atoms with Crippen LogP contribution in [0.2, 0.25) is 0 Å². The van der Waals surface area contributed by atoms with Crippen LogP contribution >= 0.6 is 0 Å². The van der Waals surface area contributed by atoms with Crippen LogP contribution in [0.3, 0.4) is 0 Å². The fourth-order valence-electron chi connectivity index (χ4n) is 4.34. The highest BCUT2D eigenvalue weighted by Crippen LogP contribution is 2.26. The van der Waals surface area contributed by atoms with Crippen LogP contribution < -0.4 is 10.1 Å². The van der Waals surface area contributed by atoms with Gasteiger partial charge in [0.1, 0.15) is 5.75 Å². The maximum Gasteiger partial charge on any atom is 0.255 e. The Morgan fingerprint density at radius 3 is 2.22 bits per heavy atom. The molecule has 172 valence electrons. The summed E-state index contributed by atoms with van der Waals surface area (Å²) < 4.78 is 32.6. The van der Waals surface area contributed by atoms with E-state index in [1.165, 1.54) is 42.0 Å². The van der Waals surface area contributed by atoms with Crippen LogP contribution in [-0.2, 0) is 23.1 Å². The third kappa shape index (κ3) is 5.14. The van der Waals surface area contributed by atoms with E-state index in [-0.39, 0.29) is 16.4 Å². The van der Waals surface area contributed by atoms with Crippen molar-refractivity contribution < 1.29 is 17.9 Å². The Kier molecular flexibility index (Phi) is 7.13. The number of likely N-dealkylation sites (tertiary alicyclic amines) is 1. The molecule has 2 aromatic rings. The SMILES string of the molecule is COc1ccc(S(=O)(=O)N2CCCC2)cc1C(=O)NCc1ccc(CN2CCCC2)cc1. The minimum Gasteiger partial charge on any atom is -0.496 e. The quantitative estimate of drug-likeness (QED) is 0.659. The van der Waals surface area contributed by atoms with Crippen molar-refractivity contribution in [3.63, 3.8) is 0 Å². The number of benzene rings is 2. The largest absolute Gasteiger partial charge is 0.496 e. The molecule has 1 amide bonds. The van der Waals surface area contributed by atoms with E-state index in [9.17, 15) is 13.2 Å². The van der Waals surface area contributed by atoms with Crippen LogP contribution in [0.1, 0.15) is 47.2 Å². The minimum atomic E-state index is -3.61. The molecule has 0 unspecified atom stereocenters. The van der Waals surface area contributed by atoms with Crippen LogP contribution in [-0.4, -0.2) is 56.8 Å². The predicted octanol–water partition coefficient (Wildman–Crippen LogP) is 3.01. The number of carbonyl (C=O) groups is 1. The summed E-state index contributed by atoms with van der Waals surface area (Å²) in [5.74, 6) is -0.00898. The molecule has 32 heavy (non-hydrogen) atoms. The summed E-state index contributed by atoms with van der Waals surface area (Å²) in [7, 11) is -2.14. The summed E-state index contributed by atoms with van der Waals surface area (Å²) in [5.41, 5.74) is 2.48. The van der Waals surface area contributed by atoms with E-state index >= 15 is 0 Å². The van der Waals surface area contributed by atoms with Crippen molar-refractivity contribution in [1.82, 2.24) is 14.5 Å². The molecule has 0 saturated carbocycles. The van der Waals surface area contributed by atoms with Crippen LogP contribution in [0, 0.1) is 0 Å². The number of rotatable bonds is 8. The molecule has 2 aliphatic rings. The molecule has 2 fully saturated rings. The van der Waals surface area contributed by atoms with Gasteiger partial charge in [-0.1, -0.05) is 24.3 Å². The smallest absolute Gasteiger partial charge is 0.255 e. The van der Waals surface area contributed by atoms with Crippen molar-refractivity contribution >= 4 is 15.9 Å². The van der Waals surface area contributed by atoms with E-state index < -0.39 is 10.0 Å². The van der Waals surface area contributed by atoms with Gasteiger partial charge in [0.2, 0.25) is 10.0 Å². The van der Waals surface area contributed by atoms with Crippen LogP contribution in [0.4, 0.5) is 0 Å². The zero-order chi connectivity index (χ0) is 22.6. The first-order valence-corrected chi connectivity index (χ1v) is 12.7. The second kappa shape index (κ2) is 10.0. The summed E-state index contributed by atoms with van der Waals surface area (Å²) in [6.45, 7) is 4.67. The third-order valence-electron chi connectivity index (χ3n) is 6.20. The van der Waals surface area contributed by atoms with E-state index in [0.717, 1.165) is 38.0 Å². The average Bonchev–Trinajstić information content (AvgIpc) is 3.53. The van der Waals surface area contributed by atoms with Gasteiger partial charge in [0.15, 0.2) is 0 Å². The van der Waals surface area contributed by atoms with E-state index in [1.54, 1.807) is 6.07 Å². The maximum absolute atomic E-state index is 12.9. The van der Waals surface area contributed by atoms with Crippen molar-refractivity contribution in [2.24, 2.45) is 0 Å². The summed E-state index contributed by atoms with van der Waals surface area (Å²) in [6, 6.07) is 12.7. The van der Waals surface area contributed by atoms with E-state index in [1.807, 2.05) is 12.1 Å². The van der Waals surface area contributed by atoms with Crippen LogP contribution in [0.15, 0.2) is 47.4 Å². The lowest BCUT2D eigenvalue weighted by Gasteiger charge is -2.17. The fourth-order valence-corrected chi connectivity index (χ4v) is 5.89. The topological polar surface area (TPSA) is 79.0 Å². The van der Waals surface area contributed by atoms with E-state index in [2.05, 4.69) is 22.3 Å². The Hall–Kier alpha value is -2.42. The van der Waals surface area contributed by atoms with E-state index in [4.69, 9.17) is 4.74 Å². The number of methoxy groups -OCH3 is 1. The lowest BCUT2D eigenvalue weighted by molar-refractivity contribution is 0.0947. The molecular formula is C24H31N3O4S. The number of hydrogen-bond donors (Lipinski definition) is 1. The summed E-state index contributed by atoms with van der Waals surface area (Å²) in [6.07, 6.45) is 4.27. The monoisotopic (exact) mass is 457 g/mol. The Labute approximate surface area is 190 Å². The van der Waals surface area contributed by atoms with Gasteiger partial charge in [-0.05, 0) is 68.1 Å². The number of nitrogens with zero attached hydrogens (tertiary/aromatic N) is 2. The van der Waals surface area contributed by atoms with E-state index in [0.29, 0.717) is 25.4 Å². The molecule has 0 spiro atoms. The number of hydrogen-bond acceptors (Lipinski definition) is 5. The standard InChI is InChI=1S/C24H31N3O4S/c1-31-23-11-10-21(32(29,30)27-14-4-5-15-27)16-22(23)24(28)25-17-19-6-8-20(9-7-19)18-26-12-2-3-13-26/h6-11,16H,2-5,12-15,17-18H2,1H3,(H,25,28). The van der Waals surface area contributed by atoms with Gasteiger partial charge in [0.25, 0.3) is 5.91 Å². The fraction of sp³-hybridized carbons (Fsp3) is 0.458. The molecule has 2 aromatic carbocycles. The second-order valence-corrected chi connectivity index (χ2v) is 10.4. The molecule has 0 atom stereocenters. The Balaban J connectivity index is 1.43. The molecule has 2 saturated heterocycles. The molecule has 1 N–H and O–H groups in total. The molecule has 2 heterocycles. The highest BCUT2D eigenvalue weighted by atomic mass is 32.2. The molecule has 0 radical (unpaired) electrons. The highest BCUT2D eigenvalue weighted by Gasteiger charge is 2.28. The van der Waals surface area contributed by atoms with Crippen LogP contribution in [0.5, 0.6) is 5.75 Å². The Bertz CT molecular complexity index is 1040. The molecule has 0 bridgehead atoms. The molecular weight excluding hydrogens is 426 g/mol. The molecule has 2 aliphatic heterocycles. The van der Waals surface area contributed by atoms with Crippen molar-refractivity contribution in [2.45, 2.75) is 43.7 Å². The number of sulfonamides is 1. The number of ether oxygens (including phenoxy) is 1. The van der Waals surface area contributed by atoms with Crippen molar-refractivity contribution in [2.75, 3.05) is 33.3 Å². The van der Waals surface area contributed by atoms with Crippen molar-refractivity contribution in [3.05, 3.63) is 59.2 Å². The molecule has 0 aliphatic carbocycles.